The van der Waals surface area contributed by atoms with E-state index in [9.17, 15) is 0 Å². The Morgan fingerprint density at radius 1 is 0.778 bits per heavy atom. The molecule has 2 aromatic carbocycles. The molecule has 0 radical (unpaired) electrons. The van der Waals surface area contributed by atoms with Crippen LogP contribution in [0.5, 0.6) is 0 Å². The summed E-state index contributed by atoms with van der Waals surface area (Å²) in [6.07, 6.45) is 9.79. The van der Waals surface area contributed by atoms with Crippen molar-refractivity contribution in [2.45, 2.75) is 11.2 Å². The van der Waals surface area contributed by atoms with Gasteiger partial charge in [-0.15, -0.1) is 24.8 Å². The van der Waals surface area contributed by atoms with Crippen molar-refractivity contribution in [3.8, 4) is 0 Å². The van der Waals surface area contributed by atoms with Crippen molar-refractivity contribution in [3.05, 3.63) is 119 Å². The SMILES string of the molecule is C1=CC[C]([Cr]([c]2ccccc2)[CH](c2ccccc2)c2ccccn2)=C1.Cl.Cl. The van der Waals surface area contributed by atoms with Gasteiger partial charge in [-0.2, -0.15) is 0 Å². The molecular weight excluding hydrogens is 413 g/mol. The molecule has 0 saturated heterocycles. The molecule has 139 valence electrons. The van der Waals surface area contributed by atoms with E-state index in [0.29, 0.717) is 4.78 Å². The fourth-order valence-corrected chi connectivity index (χ4v) is 7.30. The summed E-state index contributed by atoms with van der Waals surface area (Å²) in [5.74, 6) is 0. The molecule has 1 nitrogen and oxygen atoms in total. The Bertz CT molecular complexity index is 841. The van der Waals surface area contributed by atoms with E-state index in [-0.39, 0.29) is 24.8 Å². The molecule has 4 heteroatoms. The van der Waals surface area contributed by atoms with Gasteiger partial charge in [0, 0.05) is 0 Å². The zero-order valence-corrected chi connectivity index (χ0v) is 17.7. The second-order valence-electron chi connectivity index (χ2n) is 5.96. The molecule has 1 aliphatic carbocycles. The van der Waals surface area contributed by atoms with Crippen LogP contribution in [0.3, 0.4) is 0 Å². The first-order chi connectivity index (χ1) is 12.4. The van der Waals surface area contributed by atoms with Crippen molar-refractivity contribution in [2.75, 3.05) is 0 Å². The number of hydrogen-bond donors (Lipinski definition) is 0. The van der Waals surface area contributed by atoms with Gasteiger partial charge in [0.2, 0.25) is 0 Å². The molecule has 1 heterocycles. The molecule has 1 aliphatic rings. The molecule has 0 fully saturated rings. The summed E-state index contributed by atoms with van der Waals surface area (Å²) in [6.45, 7) is 0. The van der Waals surface area contributed by atoms with Crippen molar-refractivity contribution < 1.29 is 14.1 Å². The topological polar surface area (TPSA) is 12.9 Å². The number of nitrogens with zero attached hydrogens (tertiary/aromatic N) is 1. The van der Waals surface area contributed by atoms with Crippen molar-refractivity contribution >= 4 is 29.2 Å². The summed E-state index contributed by atoms with van der Waals surface area (Å²) in [5, 5.41) is 0. The van der Waals surface area contributed by atoms with Crippen LogP contribution in [0, 0.1) is 0 Å². The average molecular weight is 435 g/mol. The second kappa shape index (κ2) is 10.5. The van der Waals surface area contributed by atoms with E-state index >= 15 is 0 Å². The minimum atomic E-state index is -1.30. The van der Waals surface area contributed by atoms with E-state index in [1.165, 1.54) is 15.7 Å². The Hall–Kier alpha value is -1.82. The third kappa shape index (κ3) is 4.92. The van der Waals surface area contributed by atoms with Crippen molar-refractivity contribution in [3.63, 3.8) is 0 Å². The van der Waals surface area contributed by atoms with Gasteiger partial charge in [0.25, 0.3) is 0 Å². The molecule has 0 bridgehead atoms. The van der Waals surface area contributed by atoms with Crippen LogP contribution >= 0.6 is 24.8 Å². The van der Waals surface area contributed by atoms with E-state index in [0.717, 1.165) is 6.42 Å². The van der Waals surface area contributed by atoms with Crippen molar-refractivity contribution in [1.29, 1.82) is 0 Å². The molecule has 0 aliphatic heterocycles. The summed E-state index contributed by atoms with van der Waals surface area (Å²) in [4.78, 5) is 4.76. The minimum absolute atomic E-state index is 0. The standard InChI is InChI=1S/C12H10N.C6H5.C5H5.2ClH.Cr/c1-2-6-11(7-3-1)10-12-8-4-5-9-13-12;1-2-4-6-5-3-1;1-2-4-5-3-1;;;/h1-10H;1-5H;1-3H,4H2;2*1H;. The minimum Gasteiger partial charge on any atom is -0.147 e. The van der Waals surface area contributed by atoms with Gasteiger partial charge in [-0.05, 0) is 0 Å². The van der Waals surface area contributed by atoms with Gasteiger partial charge in [-0.3, -0.25) is 0 Å². The van der Waals surface area contributed by atoms with E-state index in [1.54, 1.807) is 4.44 Å². The molecule has 27 heavy (non-hydrogen) atoms. The van der Waals surface area contributed by atoms with Gasteiger partial charge in [-0.25, -0.2) is 0 Å². The van der Waals surface area contributed by atoms with Crippen molar-refractivity contribution in [1.82, 2.24) is 4.98 Å². The van der Waals surface area contributed by atoms with Crippen LogP contribution < -0.4 is 4.43 Å². The summed E-state index contributed by atoms with van der Waals surface area (Å²) >= 11 is -1.30. The number of aromatic nitrogens is 1. The average Bonchev–Trinajstić information content (AvgIpc) is 3.22. The predicted octanol–water partition coefficient (Wildman–Crippen LogP) is 5.80. The zero-order valence-electron chi connectivity index (χ0n) is 14.8. The molecule has 1 aromatic heterocycles. The second-order valence-corrected chi connectivity index (χ2v) is 9.31. The number of benzene rings is 2. The van der Waals surface area contributed by atoms with Crippen LogP contribution in [-0.2, 0) is 14.1 Å². The molecule has 0 spiro atoms. The van der Waals surface area contributed by atoms with Gasteiger partial charge in [0.15, 0.2) is 0 Å². The summed E-state index contributed by atoms with van der Waals surface area (Å²) in [7, 11) is 0. The van der Waals surface area contributed by atoms with E-state index in [4.69, 9.17) is 4.98 Å². The van der Waals surface area contributed by atoms with Crippen LogP contribution in [0.1, 0.15) is 22.5 Å². The molecule has 1 atom stereocenters. The molecular formula is C23H22Cl2CrN. The quantitative estimate of drug-likeness (QED) is 0.494. The maximum Gasteiger partial charge on any atom is -0.147 e. The van der Waals surface area contributed by atoms with Crippen molar-refractivity contribution in [2.24, 2.45) is 0 Å². The smallest absolute Gasteiger partial charge is 0.147 e. The van der Waals surface area contributed by atoms with Gasteiger partial charge in [0.1, 0.15) is 0 Å². The Kier molecular flexibility index (Phi) is 8.35. The summed E-state index contributed by atoms with van der Waals surface area (Å²) in [6, 6.07) is 28.2. The van der Waals surface area contributed by atoms with Gasteiger partial charge >= 0.3 is 154 Å². The van der Waals surface area contributed by atoms with Gasteiger partial charge in [-0.1, -0.05) is 0 Å². The summed E-state index contributed by atoms with van der Waals surface area (Å²) in [5.41, 5.74) is 2.54. The molecule has 0 amide bonds. The van der Waals surface area contributed by atoms with Gasteiger partial charge in [0.05, 0.1) is 0 Å². The fourth-order valence-electron chi connectivity index (χ4n) is 3.18. The molecule has 4 rings (SSSR count). The maximum atomic E-state index is 4.76. The van der Waals surface area contributed by atoms with Gasteiger partial charge < -0.3 is 0 Å². The van der Waals surface area contributed by atoms with Crippen LogP contribution in [-0.4, -0.2) is 4.98 Å². The number of hydrogen-bond acceptors (Lipinski definition) is 1. The largest absolute Gasteiger partial charge is 0.147 e. The number of rotatable bonds is 5. The molecule has 1 unspecified atom stereocenters. The Morgan fingerprint density at radius 3 is 2.04 bits per heavy atom. The Labute approximate surface area is 178 Å². The monoisotopic (exact) mass is 434 g/mol. The third-order valence-electron chi connectivity index (χ3n) is 4.31. The maximum absolute atomic E-state index is 4.76. The third-order valence-corrected chi connectivity index (χ3v) is 8.42. The number of halogens is 2. The zero-order chi connectivity index (χ0) is 16.9. The Morgan fingerprint density at radius 2 is 1.44 bits per heavy atom. The molecule has 3 aromatic rings. The number of pyridine rings is 1. The summed E-state index contributed by atoms with van der Waals surface area (Å²) < 4.78 is 3.37. The van der Waals surface area contributed by atoms with E-state index in [1.807, 2.05) is 12.3 Å². The molecule has 0 saturated carbocycles. The first-order valence-electron chi connectivity index (χ1n) is 8.53. The number of allylic oxidation sites excluding steroid dienone is 4. The molecule has 0 N–H and O–H groups in total. The normalized spacial score (nSPS) is 13.4. The van der Waals surface area contributed by atoms with E-state index in [2.05, 4.69) is 91.0 Å². The van der Waals surface area contributed by atoms with Crippen LogP contribution in [0.2, 0.25) is 0 Å². The fraction of sp³-hybridized carbons (Fsp3) is 0.0870. The van der Waals surface area contributed by atoms with E-state index < -0.39 is 14.1 Å². The first kappa shape index (κ1) is 21.5. The van der Waals surface area contributed by atoms with Crippen LogP contribution in [0.15, 0.2) is 108 Å². The predicted molar refractivity (Wildman–Crippen MR) is 115 cm³/mol. The first-order valence-corrected chi connectivity index (χ1v) is 10.5. The Balaban J connectivity index is 0.00000131. The van der Waals surface area contributed by atoms with Crippen LogP contribution in [0.25, 0.3) is 0 Å². The van der Waals surface area contributed by atoms with Crippen LogP contribution in [0.4, 0.5) is 0 Å².